The summed E-state index contributed by atoms with van der Waals surface area (Å²) in [5.41, 5.74) is 6.21. The second kappa shape index (κ2) is 6.53. The molecule has 0 saturated heterocycles. The van der Waals surface area contributed by atoms with Crippen molar-refractivity contribution in [3.63, 3.8) is 0 Å². The Labute approximate surface area is 161 Å². The highest BCUT2D eigenvalue weighted by Crippen LogP contribution is 2.30. The van der Waals surface area contributed by atoms with Crippen LogP contribution in [0.1, 0.15) is 21.5 Å². The Morgan fingerprint density at radius 1 is 1.00 bits per heavy atom. The molecule has 2 heterocycles. The number of carboxylic acids is 1. The number of hydrogen-bond donors (Lipinski definition) is 1. The van der Waals surface area contributed by atoms with Crippen LogP contribution in [0.3, 0.4) is 0 Å². The number of hydrogen-bond acceptors (Lipinski definition) is 4. The summed E-state index contributed by atoms with van der Waals surface area (Å²) in [6.45, 7) is 1.84. The molecule has 138 valence electrons. The van der Waals surface area contributed by atoms with E-state index in [1.807, 2.05) is 12.1 Å². The largest absolute Gasteiger partial charge is 0.478 e. The third-order valence-corrected chi connectivity index (χ3v) is 5.22. The van der Waals surface area contributed by atoms with Gasteiger partial charge in [-0.25, -0.2) is 9.78 Å². The van der Waals surface area contributed by atoms with Crippen LogP contribution in [-0.4, -0.2) is 22.6 Å². The topological polar surface area (TPSA) is 66.6 Å². The van der Waals surface area contributed by atoms with Crippen LogP contribution < -0.4 is 4.90 Å². The number of aromatic nitrogens is 1. The number of benzene rings is 3. The first-order chi connectivity index (χ1) is 13.7. The van der Waals surface area contributed by atoms with Gasteiger partial charge in [-0.15, -0.1) is 0 Å². The molecule has 5 rings (SSSR count). The summed E-state index contributed by atoms with van der Waals surface area (Å²) < 4.78 is 5.96. The molecule has 0 amide bonds. The SMILES string of the molecule is O=C(O)c1cccc(-c2nc3ccc(N4CCc5ccccc5C4)cc3o2)c1. The molecule has 1 aliphatic rings. The van der Waals surface area contributed by atoms with Crippen molar-refractivity contribution >= 4 is 22.8 Å². The number of rotatable bonds is 3. The lowest BCUT2D eigenvalue weighted by molar-refractivity contribution is 0.0697. The van der Waals surface area contributed by atoms with Gasteiger partial charge in [-0.3, -0.25) is 0 Å². The van der Waals surface area contributed by atoms with Gasteiger partial charge >= 0.3 is 5.97 Å². The number of aromatic carboxylic acids is 1. The molecule has 1 N–H and O–H groups in total. The molecule has 1 aromatic heterocycles. The van der Waals surface area contributed by atoms with Crippen molar-refractivity contribution < 1.29 is 14.3 Å². The van der Waals surface area contributed by atoms with E-state index in [9.17, 15) is 9.90 Å². The van der Waals surface area contributed by atoms with Crippen molar-refractivity contribution in [3.8, 4) is 11.5 Å². The first-order valence-corrected chi connectivity index (χ1v) is 9.23. The summed E-state index contributed by atoms with van der Waals surface area (Å²) in [6, 6.07) is 21.2. The highest BCUT2D eigenvalue weighted by molar-refractivity contribution is 5.89. The third kappa shape index (κ3) is 2.91. The van der Waals surface area contributed by atoms with Crippen LogP contribution in [0, 0.1) is 0 Å². The Hall–Kier alpha value is -3.60. The Balaban J connectivity index is 1.48. The molecule has 0 fully saturated rings. The van der Waals surface area contributed by atoms with Gasteiger partial charge in [0.05, 0.1) is 5.56 Å². The van der Waals surface area contributed by atoms with Crippen molar-refractivity contribution in [3.05, 3.63) is 83.4 Å². The van der Waals surface area contributed by atoms with Gasteiger partial charge < -0.3 is 14.4 Å². The fourth-order valence-corrected chi connectivity index (χ4v) is 3.73. The van der Waals surface area contributed by atoms with Crippen LogP contribution >= 0.6 is 0 Å². The number of nitrogens with zero attached hydrogens (tertiary/aromatic N) is 2. The van der Waals surface area contributed by atoms with E-state index in [1.54, 1.807) is 24.3 Å². The minimum Gasteiger partial charge on any atom is -0.478 e. The summed E-state index contributed by atoms with van der Waals surface area (Å²) in [7, 11) is 0. The van der Waals surface area contributed by atoms with E-state index in [4.69, 9.17) is 4.42 Å². The fourth-order valence-electron chi connectivity index (χ4n) is 3.73. The number of fused-ring (bicyclic) bond motifs is 2. The van der Waals surface area contributed by atoms with Gasteiger partial charge in [-0.1, -0.05) is 30.3 Å². The van der Waals surface area contributed by atoms with E-state index in [-0.39, 0.29) is 5.56 Å². The molecule has 4 aromatic rings. The molecular weight excluding hydrogens is 352 g/mol. The molecule has 0 aliphatic carbocycles. The molecule has 0 unspecified atom stereocenters. The first-order valence-electron chi connectivity index (χ1n) is 9.23. The quantitative estimate of drug-likeness (QED) is 0.563. The molecule has 3 aromatic carbocycles. The average molecular weight is 370 g/mol. The maximum absolute atomic E-state index is 11.2. The predicted octanol–water partition coefficient (Wildman–Crippen LogP) is 4.76. The summed E-state index contributed by atoms with van der Waals surface area (Å²) in [5.74, 6) is -0.537. The zero-order valence-corrected chi connectivity index (χ0v) is 15.1. The second-order valence-corrected chi connectivity index (χ2v) is 7.00. The lowest BCUT2D eigenvalue weighted by Gasteiger charge is -2.30. The van der Waals surface area contributed by atoms with Gasteiger partial charge in [-0.2, -0.15) is 0 Å². The molecule has 0 bridgehead atoms. The van der Waals surface area contributed by atoms with Crippen LogP contribution in [0.4, 0.5) is 5.69 Å². The minimum absolute atomic E-state index is 0.215. The van der Waals surface area contributed by atoms with Gasteiger partial charge in [0, 0.05) is 30.4 Å². The molecule has 0 saturated carbocycles. The van der Waals surface area contributed by atoms with Crippen molar-refractivity contribution in [2.24, 2.45) is 0 Å². The van der Waals surface area contributed by atoms with Crippen LogP contribution in [-0.2, 0) is 13.0 Å². The van der Waals surface area contributed by atoms with Crippen LogP contribution in [0.15, 0.2) is 71.1 Å². The normalized spacial score (nSPS) is 13.5. The standard InChI is InChI=1S/C23H18N2O3/c26-23(27)17-7-3-6-16(12-17)22-24-20-9-8-19(13-21(20)28-22)25-11-10-15-4-1-2-5-18(15)14-25/h1-9,12-13H,10-11,14H2,(H,26,27). The van der Waals surface area contributed by atoms with E-state index in [0.29, 0.717) is 17.0 Å². The highest BCUT2D eigenvalue weighted by Gasteiger charge is 2.18. The Bertz CT molecular complexity index is 1200. The predicted molar refractivity (Wildman–Crippen MR) is 108 cm³/mol. The number of carboxylic acid groups (broad SMARTS) is 1. The highest BCUT2D eigenvalue weighted by atomic mass is 16.4. The molecule has 0 spiro atoms. The number of anilines is 1. The van der Waals surface area contributed by atoms with E-state index in [1.165, 1.54) is 11.1 Å². The monoisotopic (exact) mass is 370 g/mol. The van der Waals surface area contributed by atoms with Crippen molar-refractivity contribution in [2.45, 2.75) is 13.0 Å². The van der Waals surface area contributed by atoms with Crippen molar-refractivity contribution in [1.29, 1.82) is 0 Å². The summed E-state index contributed by atoms with van der Waals surface area (Å²) >= 11 is 0. The first kappa shape index (κ1) is 16.6. The van der Waals surface area contributed by atoms with Gasteiger partial charge in [0.1, 0.15) is 5.52 Å². The zero-order valence-electron chi connectivity index (χ0n) is 15.1. The van der Waals surface area contributed by atoms with Gasteiger partial charge in [0.15, 0.2) is 5.58 Å². The molecular formula is C23H18N2O3. The summed E-state index contributed by atoms with van der Waals surface area (Å²) in [5, 5.41) is 9.19. The van der Waals surface area contributed by atoms with E-state index in [2.05, 4.69) is 40.2 Å². The molecule has 5 nitrogen and oxygen atoms in total. The Morgan fingerprint density at radius 2 is 1.86 bits per heavy atom. The van der Waals surface area contributed by atoms with Crippen molar-refractivity contribution in [1.82, 2.24) is 4.98 Å². The van der Waals surface area contributed by atoms with Crippen molar-refractivity contribution in [2.75, 3.05) is 11.4 Å². The fraction of sp³-hybridized carbons (Fsp3) is 0.130. The van der Waals surface area contributed by atoms with E-state index < -0.39 is 5.97 Å². The average Bonchev–Trinajstić information content (AvgIpc) is 3.17. The van der Waals surface area contributed by atoms with E-state index in [0.717, 1.165) is 30.7 Å². The molecule has 1 aliphatic heterocycles. The van der Waals surface area contributed by atoms with Crippen LogP contribution in [0.25, 0.3) is 22.6 Å². The smallest absolute Gasteiger partial charge is 0.335 e. The van der Waals surface area contributed by atoms with Gasteiger partial charge in [-0.05, 0) is 47.9 Å². The van der Waals surface area contributed by atoms with Crippen LogP contribution in [0.5, 0.6) is 0 Å². The Morgan fingerprint density at radius 3 is 2.71 bits per heavy atom. The molecule has 0 radical (unpaired) electrons. The molecule has 28 heavy (non-hydrogen) atoms. The zero-order chi connectivity index (χ0) is 19.1. The van der Waals surface area contributed by atoms with Gasteiger partial charge in [0.2, 0.25) is 5.89 Å². The Kier molecular flexibility index (Phi) is 3.86. The molecule has 0 atom stereocenters. The summed E-state index contributed by atoms with van der Waals surface area (Å²) in [6.07, 6.45) is 1.03. The third-order valence-electron chi connectivity index (χ3n) is 5.22. The van der Waals surface area contributed by atoms with E-state index >= 15 is 0 Å². The molecule has 5 heteroatoms. The maximum atomic E-state index is 11.2. The minimum atomic E-state index is -0.967. The number of oxazole rings is 1. The number of carbonyl (C=O) groups is 1. The van der Waals surface area contributed by atoms with Gasteiger partial charge in [0.25, 0.3) is 0 Å². The second-order valence-electron chi connectivity index (χ2n) is 7.00. The maximum Gasteiger partial charge on any atom is 0.335 e. The van der Waals surface area contributed by atoms with Crippen LogP contribution in [0.2, 0.25) is 0 Å². The lowest BCUT2D eigenvalue weighted by atomic mass is 9.99. The lowest BCUT2D eigenvalue weighted by Crippen LogP contribution is -2.30. The summed E-state index contributed by atoms with van der Waals surface area (Å²) in [4.78, 5) is 18.1.